The molecule has 2 aromatic carbocycles. The molecule has 1 atom stereocenters. The normalized spacial score (nSPS) is 16.2. The van der Waals surface area contributed by atoms with Crippen LogP contribution >= 0.6 is 15.9 Å². The van der Waals surface area contributed by atoms with E-state index in [-0.39, 0.29) is 16.7 Å². The second-order valence-electron chi connectivity index (χ2n) is 6.15. The van der Waals surface area contributed by atoms with Gasteiger partial charge < -0.3 is 9.67 Å². The lowest BCUT2D eigenvalue weighted by atomic mass is 10.1. The first-order valence-electron chi connectivity index (χ1n) is 8.24. The molecule has 0 spiro atoms. The zero-order chi connectivity index (χ0) is 18.5. The van der Waals surface area contributed by atoms with Gasteiger partial charge in [0.15, 0.2) is 0 Å². The van der Waals surface area contributed by atoms with Crippen LogP contribution < -0.4 is 4.31 Å². The van der Waals surface area contributed by atoms with Crippen molar-refractivity contribution >= 4 is 31.6 Å². The predicted molar refractivity (Wildman–Crippen MR) is 104 cm³/mol. The summed E-state index contributed by atoms with van der Waals surface area (Å²) in [5.41, 5.74) is 2.38. The fourth-order valence-electron chi connectivity index (χ4n) is 3.45. The van der Waals surface area contributed by atoms with Gasteiger partial charge in [-0.1, -0.05) is 22.9 Å². The molecule has 1 aliphatic heterocycles. The summed E-state index contributed by atoms with van der Waals surface area (Å²) in [4.78, 5) is 0.152. The lowest BCUT2D eigenvalue weighted by molar-refractivity contribution is 0.474. The molecule has 2 heterocycles. The van der Waals surface area contributed by atoms with Crippen molar-refractivity contribution in [2.75, 3.05) is 4.31 Å². The largest absolute Gasteiger partial charge is 0.508 e. The summed E-state index contributed by atoms with van der Waals surface area (Å²) in [6, 6.07) is 14.9. The number of hydrogen-bond acceptors (Lipinski definition) is 3. The topological polar surface area (TPSA) is 62.5 Å². The molecule has 0 fully saturated rings. The molecule has 134 valence electrons. The van der Waals surface area contributed by atoms with Gasteiger partial charge in [0.05, 0.1) is 22.3 Å². The van der Waals surface area contributed by atoms with E-state index in [9.17, 15) is 13.5 Å². The average molecular weight is 433 g/mol. The smallest absolute Gasteiger partial charge is 0.265 e. The minimum absolute atomic E-state index is 0.0339. The van der Waals surface area contributed by atoms with Gasteiger partial charge in [-0.15, -0.1) is 0 Å². The van der Waals surface area contributed by atoms with Gasteiger partial charge in [0.1, 0.15) is 5.75 Å². The molecule has 3 aromatic rings. The van der Waals surface area contributed by atoms with Crippen molar-refractivity contribution in [2.45, 2.75) is 24.3 Å². The van der Waals surface area contributed by atoms with Crippen LogP contribution in [0.5, 0.6) is 5.75 Å². The molecule has 0 radical (unpaired) electrons. The maximum Gasteiger partial charge on any atom is 0.265 e. The highest BCUT2D eigenvalue weighted by atomic mass is 79.9. The van der Waals surface area contributed by atoms with Gasteiger partial charge >= 0.3 is 0 Å². The molecule has 0 amide bonds. The summed E-state index contributed by atoms with van der Waals surface area (Å²) >= 11 is 3.46. The minimum atomic E-state index is -3.80. The highest BCUT2D eigenvalue weighted by molar-refractivity contribution is 9.10. The molecule has 5 nitrogen and oxygen atoms in total. The Balaban J connectivity index is 1.98. The summed E-state index contributed by atoms with van der Waals surface area (Å²) in [6.45, 7) is 1.98. The van der Waals surface area contributed by atoms with Crippen molar-refractivity contribution in [3.63, 3.8) is 0 Å². The quantitative estimate of drug-likeness (QED) is 0.657. The molecular formula is C19H17BrN2O3S. The Bertz CT molecular complexity index is 1070. The standard InChI is InChI=1S/C19H17BrN2O3S/c1-2-16-17-4-3-11-21(17)18-10-5-13(20)12-19(18)22(16)26(24,25)15-8-6-14(23)7-9-15/h3-12,16,23H,2H2,1H3/t16-/m0/s1. The molecule has 26 heavy (non-hydrogen) atoms. The number of hydrogen-bond donors (Lipinski definition) is 1. The van der Waals surface area contributed by atoms with E-state index in [1.807, 2.05) is 48.0 Å². The first kappa shape index (κ1) is 17.2. The maximum atomic E-state index is 13.5. The maximum absolute atomic E-state index is 13.5. The first-order chi connectivity index (χ1) is 12.4. The Hall–Kier alpha value is -2.25. The van der Waals surface area contributed by atoms with E-state index >= 15 is 0 Å². The van der Waals surface area contributed by atoms with Crippen LogP contribution in [0.1, 0.15) is 25.1 Å². The van der Waals surface area contributed by atoms with E-state index in [4.69, 9.17) is 0 Å². The Morgan fingerprint density at radius 1 is 1.08 bits per heavy atom. The van der Waals surface area contributed by atoms with Crippen LogP contribution in [0.25, 0.3) is 5.69 Å². The molecule has 0 unspecified atom stereocenters. The third-order valence-corrected chi connectivity index (χ3v) is 6.95. The molecule has 0 aliphatic carbocycles. The minimum Gasteiger partial charge on any atom is -0.508 e. The van der Waals surface area contributed by atoms with Gasteiger partial charge in [-0.25, -0.2) is 8.42 Å². The van der Waals surface area contributed by atoms with Crippen LogP contribution in [0.15, 0.2) is 70.2 Å². The monoisotopic (exact) mass is 432 g/mol. The van der Waals surface area contributed by atoms with Crippen molar-refractivity contribution in [3.8, 4) is 11.4 Å². The molecule has 0 saturated heterocycles. The highest BCUT2D eigenvalue weighted by Gasteiger charge is 2.38. The number of rotatable bonds is 3. The fourth-order valence-corrected chi connectivity index (χ4v) is 5.51. The third kappa shape index (κ3) is 2.54. The number of nitrogens with zero attached hydrogens (tertiary/aromatic N) is 2. The highest BCUT2D eigenvalue weighted by Crippen LogP contribution is 2.44. The summed E-state index contributed by atoms with van der Waals surface area (Å²) in [5, 5.41) is 9.51. The van der Waals surface area contributed by atoms with Gasteiger partial charge in [0.2, 0.25) is 0 Å². The van der Waals surface area contributed by atoms with Crippen LogP contribution in [-0.4, -0.2) is 18.1 Å². The van der Waals surface area contributed by atoms with Crippen LogP contribution in [0, 0.1) is 0 Å². The van der Waals surface area contributed by atoms with E-state index in [1.54, 1.807) is 0 Å². The number of aromatic nitrogens is 1. The second-order valence-corrected chi connectivity index (χ2v) is 8.89. The summed E-state index contributed by atoms with van der Waals surface area (Å²) < 4.78 is 31.3. The SMILES string of the molecule is CC[C@H]1c2cccn2-c2ccc(Br)cc2N1S(=O)(=O)c1ccc(O)cc1. The van der Waals surface area contributed by atoms with Crippen LogP contribution in [0.4, 0.5) is 5.69 Å². The van der Waals surface area contributed by atoms with E-state index in [1.165, 1.54) is 28.6 Å². The predicted octanol–water partition coefficient (Wildman–Crippen LogP) is 4.61. The lowest BCUT2D eigenvalue weighted by Gasteiger charge is -2.38. The average Bonchev–Trinajstić information content (AvgIpc) is 3.10. The van der Waals surface area contributed by atoms with Gasteiger partial charge in [-0.05, 0) is 61.0 Å². The zero-order valence-corrected chi connectivity index (χ0v) is 16.4. The Labute approximate surface area is 160 Å². The molecule has 4 rings (SSSR count). The zero-order valence-electron chi connectivity index (χ0n) is 14.0. The Morgan fingerprint density at radius 2 is 1.81 bits per heavy atom. The number of halogens is 1. The molecule has 1 aromatic heterocycles. The van der Waals surface area contributed by atoms with Crippen LogP contribution in [-0.2, 0) is 10.0 Å². The molecule has 7 heteroatoms. The third-order valence-electron chi connectivity index (χ3n) is 4.62. The lowest BCUT2D eigenvalue weighted by Crippen LogP contribution is -2.39. The second kappa shape index (κ2) is 6.17. The molecule has 1 N–H and O–H groups in total. The van der Waals surface area contributed by atoms with Crippen molar-refractivity contribution in [2.24, 2.45) is 0 Å². The van der Waals surface area contributed by atoms with Gasteiger partial charge in [0, 0.05) is 16.4 Å². The number of fused-ring (bicyclic) bond motifs is 3. The van der Waals surface area contributed by atoms with Crippen LogP contribution in [0.2, 0.25) is 0 Å². The van der Waals surface area contributed by atoms with Crippen molar-refractivity contribution < 1.29 is 13.5 Å². The molecule has 1 aliphatic rings. The first-order valence-corrected chi connectivity index (χ1v) is 10.5. The molecule has 0 bridgehead atoms. The number of phenolic OH excluding ortho intramolecular Hbond substituents is 1. The summed E-state index contributed by atoms with van der Waals surface area (Å²) in [7, 11) is -3.80. The van der Waals surface area contributed by atoms with Crippen molar-refractivity contribution in [1.82, 2.24) is 4.57 Å². The fraction of sp³-hybridized carbons (Fsp3) is 0.158. The molecular weight excluding hydrogens is 416 g/mol. The van der Waals surface area contributed by atoms with Gasteiger partial charge in [-0.2, -0.15) is 0 Å². The van der Waals surface area contributed by atoms with E-state index < -0.39 is 10.0 Å². The van der Waals surface area contributed by atoms with Crippen molar-refractivity contribution in [1.29, 1.82) is 0 Å². The van der Waals surface area contributed by atoms with E-state index in [2.05, 4.69) is 15.9 Å². The van der Waals surface area contributed by atoms with Crippen LogP contribution in [0.3, 0.4) is 0 Å². The number of anilines is 1. The molecule has 0 saturated carbocycles. The summed E-state index contributed by atoms with van der Waals surface area (Å²) in [5.74, 6) is 0.0339. The number of benzene rings is 2. The van der Waals surface area contributed by atoms with Gasteiger partial charge in [-0.3, -0.25) is 4.31 Å². The number of sulfonamides is 1. The Kier molecular flexibility index (Phi) is 4.08. The van der Waals surface area contributed by atoms with Crippen molar-refractivity contribution in [3.05, 3.63) is 71.0 Å². The Morgan fingerprint density at radius 3 is 2.50 bits per heavy atom. The van der Waals surface area contributed by atoms with E-state index in [0.29, 0.717) is 12.1 Å². The van der Waals surface area contributed by atoms with Gasteiger partial charge in [0.25, 0.3) is 10.0 Å². The number of phenols is 1. The van der Waals surface area contributed by atoms with E-state index in [0.717, 1.165) is 15.9 Å². The summed E-state index contributed by atoms with van der Waals surface area (Å²) in [6.07, 6.45) is 2.59. The number of aromatic hydroxyl groups is 1.